The lowest BCUT2D eigenvalue weighted by molar-refractivity contribution is 0.730. The van der Waals surface area contributed by atoms with E-state index in [2.05, 4.69) is 21.7 Å². The van der Waals surface area contributed by atoms with Gasteiger partial charge in [0.25, 0.3) is 5.56 Å². The highest BCUT2D eigenvalue weighted by atomic mass is 35.5. The highest BCUT2D eigenvalue weighted by Crippen LogP contribution is 2.35. The van der Waals surface area contributed by atoms with Gasteiger partial charge in [0, 0.05) is 9.90 Å². The third kappa shape index (κ3) is 3.54. The first kappa shape index (κ1) is 20.0. The van der Waals surface area contributed by atoms with E-state index >= 15 is 0 Å². The van der Waals surface area contributed by atoms with E-state index in [4.69, 9.17) is 21.6 Å². The van der Waals surface area contributed by atoms with Crippen molar-refractivity contribution in [2.24, 2.45) is 0 Å². The van der Waals surface area contributed by atoms with Gasteiger partial charge in [-0.2, -0.15) is 0 Å². The molecule has 1 aliphatic carbocycles. The molecule has 0 atom stereocenters. The highest BCUT2D eigenvalue weighted by molar-refractivity contribution is 7.98. The third-order valence-electron chi connectivity index (χ3n) is 5.82. The maximum absolute atomic E-state index is 12.8. The highest BCUT2D eigenvalue weighted by Gasteiger charge is 2.21. The van der Waals surface area contributed by atoms with Crippen LogP contribution in [0.5, 0.6) is 0 Å². The van der Waals surface area contributed by atoms with E-state index < -0.39 is 0 Å². The molecule has 8 heteroatoms. The Morgan fingerprint density at radius 2 is 2.00 bits per heavy atom. The number of aromatic nitrogens is 4. The smallest absolute Gasteiger partial charge is 0.259 e. The first-order valence-corrected chi connectivity index (χ1v) is 12.7. The quantitative estimate of drug-likeness (QED) is 0.323. The predicted molar refractivity (Wildman–Crippen MR) is 132 cm³/mol. The molecule has 0 fully saturated rings. The van der Waals surface area contributed by atoms with Crippen molar-refractivity contribution in [2.45, 2.75) is 36.7 Å². The van der Waals surface area contributed by atoms with Gasteiger partial charge in [-0.1, -0.05) is 53.7 Å². The number of benzene rings is 2. The van der Waals surface area contributed by atoms with Gasteiger partial charge in [0.1, 0.15) is 10.7 Å². The van der Waals surface area contributed by atoms with Crippen molar-refractivity contribution in [1.82, 2.24) is 19.5 Å². The number of hydrogen-bond donors (Lipinski definition) is 1. The average molecular weight is 479 g/mol. The van der Waals surface area contributed by atoms with Gasteiger partial charge in [-0.3, -0.25) is 4.79 Å². The first-order chi connectivity index (χ1) is 15.7. The van der Waals surface area contributed by atoms with Crippen LogP contribution in [0.3, 0.4) is 0 Å². The molecule has 0 saturated heterocycles. The van der Waals surface area contributed by atoms with Crippen LogP contribution >= 0.6 is 34.7 Å². The standard InChI is InChI=1S/C24H19ClN4OS2/c25-15-9-10-18-17(11-15)26-24(29(18)12-14-5-2-1-3-6-14)31-13-20-27-22(30)21-16-7-4-8-19(16)32-23(21)28-20/h1-3,5-6,9-11H,4,7-8,12-13H2,(H,27,28,30). The minimum atomic E-state index is -0.0189. The van der Waals surface area contributed by atoms with Crippen LogP contribution in [0.4, 0.5) is 0 Å². The molecule has 1 N–H and O–H groups in total. The number of aromatic amines is 1. The van der Waals surface area contributed by atoms with Crippen LogP contribution in [0.25, 0.3) is 21.3 Å². The number of thioether (sulfide) groups is 1. The molecule has 0 amide bonds. The minimum Gasteiger partial charge on any atom is -0.314 e. The SMILES string of the molecule is O=c1[nH]c(CSc2nc3cc(Cl)ccc3n2Cc2ccccc2)nc2sc3c(c12)CCC3. The molecule has 5 aromatic rings. The van der Waals surface area contributed by atoms with E-state index in [1.54, 1.807) is 23.1 Å². The van der Waals surface area contributed by atoms with Crippen molar-refractivity contribution in [1.29, 1.82) is 0 Å². The number of nitrogens with zero attached hydrogens (tertiary/aromatic N) is 3. The number of nitrogens with one attached hydrogen (secondary N) is 1. The van der Waals surface area contributed by atoms with Crippen LogP contribution in [-0.2, 0) is 25.1 Å². The Bertz CT molecular complexity index is 1520. The number of aryl methyl sites for hydroxylation is 2. The molecule has 160 valence electrons. The molecule has 0 radical (unpaired) electrons. The Balaban J connectivity index is 1.35. The minimum absolute atomic E-state index is 0.0189. The van der Waals surface area contributed by atoms with E-state index in [1.807, 2.05) is 36.4 Å². The van der Waals surface area contributed by atoms with Gasteiger partial charge in [0.05, 0.1) is 28.7 Å². The van der Waals surface area contributed by atoms with Crippen molar-refractivity contribution < 1.29 is 0 Å². The molecule has 0 aliphatic heterocycles. The van der Waals surface area contributed by atoms with Crippen LogP contribution in [0, 0.1) is 0 Å². The fourth-order valence-corrected chi connectivity index (χ4v) is 6.69. The summed E-state index contributed by atoms with van der Waals surface area (Å²) in [6.45, 7) is 0.710. The summed E-state index contributed by atoms with van der Waals surface area (Å²) in [6, 6.07) is 16.1. The number of fused-ring (bicyclic) bond motifs is 4. The Morgan fingerprint density at radius 3 is 2.88 bits per heavy atom. The fourth-order valence-electron chi connectivity index (χ4n) is 4.36. The van der Waals surface area contributed by atoms with E-state index in [0.717, 1.165) is 45.7 Å². The van der Waals surface area contributed by atoms with Gasteiger partial charge in [-0.25, -0.2) is 9.97 Å². The van der Waals surface area contributed by atoms with Gasteiger partial charge >= 0.3 is 0 Å². The Labute approximate surface area is 197 Å². The Hall–Kier alpha value is -2.61. The lowest BCUT2D eigenvalue weighted by Gasteiger charge is -2.09. The van der Waals surface area contributed by atoms with E-state index in [-0.39, 0.29) is 5.56 Å². The van der Waals surface area contributed by atoms with Crippen LogP contribution in [0.2, 0.25) is 5.02 Å². The van der Waals surface area contributed by atoms with Gasteiger partial charge in [-0.05, 0) is 48.6 Å². The van der Waals surface area contributed by atoms with E-state index in [0.29, 0.717) is 23.1 Å². The molecule has 6 rings (SSSR count). The van der Waals surface area contributed by atoms with E-state index in [9.17, 15) is 4.79 Å². The van der Waals surface area contributed by atoms with Crippen LogP contribution in [0.1, 0.15) is 28.2 Å². The zero-order valence-electron chi connectivity index (χ0n) is 17.1. The topological polar surface area (TPSA) is 63.6 Å². The zero-order valence-corrected chi connectivity index (χ0v) is 19.5. The molecule has 0 bridgehead atoms. The Kier molecular flexibility index (Phi) is 5.05. The number of H-pyrrole nitrogens is 1. The number of imidazole rings is 1. The zero-order chi connectivity index (χ0) is 21.7. The van der Waals surface area contributed by atoms with Gasteiger partial charge in [-0.15, -0.1) is 11.3 Å². The molecular formula is C24H19ClN4OS2. The molecular weight excluding hydrogens is 460 g/mol. The molecule has 5 nitrogen and oxygen atoms in total. The normalized spacial score (nSPS) is 13.3. The van der Waals surface area contributed by atoms with Crippen LogP contribution in [0.15, 0.2) is 58.5 Å². The third-order valence-corrected chi connectivity index (χ3v) is 8.23. The van der Waals surface area contributed by atoms with Gasteiger partial charge in [0.2, 0.25) is 0 Å². The summed E-state index contributed by atoms with van der Waals surface area (Å²) in [5.74, 6) is 1.23. The average Bonchev–Trinajstić information content (AvgIpc) is 3.46. The molecule has 0 saturated carbocycles. The lowest BCUT2D eigenvalue weighted by atomic mass is 10.2. The summed E-state index contributed by atoms with van der Waals surface area (Å²) in [7, 11) is 0. The second-order valence-electron chi connectivity index (χ2n) is 7.94. The van der Waals surface area contributed by atoms with Crippen molar-refractivity contribution in [3.63, 3.8) is 0 Å². The molecule has 2 aromatic carbocycles. The van der Waals surface area contributed by atoms with Crippen LogP contribution < -0.4 is 5.56 Å². The summed E-state index contributed by atoms with van der Waals surface area (Å²) in [5, 5.41) is 2.34. The molecule has 3 heterocycles. The van der Waals surface area contributed by atoms with Gasteiger partial charge in [0.15, 0.2) is 5.16 Å². The summed E-state index contributed by atoms with van der Waals surface area (Å²) in [5.41, 5.74) is 4.29. The maximum Gasteiger partial charge on any atom is 0.259 e. The van der Waals surface area contributed by atoms with Crippen molar-refractivity contribution in [3.05, 3.63) is 85.7 Å². The molecule has 1 aliphatic rings. The maximum atomic E-state index is 12.8. The van der Waals surface area contributed by atoms with Crippen molar-refractivity contribution in [3.8, 4) is 0 Å². The fraction of sp³-hybridized carbons (Fsp3) is 0.208. The summed E-state index contributed by atoms with van der Waals surface area (Å²) < 4.78 is 2.20. The first-order valence-electron chi connectivity index (χ1n) is 10.5. The predicted octanol–water partition coefficient (Wildman–Crippen LogP) is 5.82. The summed E-state index contributed by atoms with van der Waals surface area (Å²) >= 11 is 9.46. The Morgan fingerprint density at radius 1 is 1.12 bits per heavy atom. The molecule has 0 spiro atoms. The second kappa shape index (κ2) is 8.06. The van der Waals surface area contributed by atoms with Crippen molar-refractivity contribution >= 4 is 55.9 Å². The molecule has 0 unspecified atom stereocenters. The summed E-state index contributed by atoms with van der Waals surface area (Å²) in [4.78, 5) is 27.6. The molecule has 32 heavy (non-hydrogen) atoms. The number of rotatable bonds is 5. The second-order valence-corrected chi connectivity index (χ2v) is 10.4. The van der Waals surface area contributed by atoms with E-state index in [1.165, 1.54) is 16.0 Å². The van der Waals surface area contributed by atoms with Crippen molar-refractivity contribution in [2.75, 3.05) is 0 Å². The number of hydrogen-bond acceptors (Lipinski definition) is 5. The largest absolute Gasteiger partial charge is 0.314 e. The number of thiophene rings is 1. The van der Waals surface area contributed by atoms with Gasteiger partial charge < -0.3 is 9.55 Å². The number of halogens is 1. The summed E-state index contributed by atoms with van der Waals surface area (Å²) in [6.07, 6.45) is 3.18. The molecule has 3 aromatic heterocycles. The van der Waals surface area contributed by atoms with Crippen LogP contribution in [-0.4, -0.2) is 19.5 Å². The monoisotopic (exact) mass is 478 g/mol. The lowest BCUT2D eigenvalue weighted by Crippen LogP contribution is -2.11.